The second-order valence-electron chi connectivity index (χ2n) is 3.48. The molecule has 7 nitrogen and oxygen atoms in total. The number of halogens is 1. The average molecular weight is 295 g/mol. The maximum absolute atomic E-state index is 8.60. The van der Waals surface area contributed by atoms with Gasteiger partial charge in [0, 0.05) is 26.3 Å². The molecule has 2 aromatic rings. The van der Waals surface area contributed by atoms with Gasteiger partial charge >= 0.3 is 4.96 Å². The Morgan fingerprint density at radius 3 is 2.44 bits per heavy atom. The van der Waals surface area contributed by atoms with E-state index in [4.69, 9.17) is 18.6 Å². The molecule has 0 spiro atoms. The van der Waals surface area contributed by atoms with E-state index in [1.54, 1.807) is 11.3 Å². The molecule has 1 N–H and O–H groups in total. The summed E-state index contributed by atoms with van der Waals surface area (Å²) in [6, 6.07) is 2.05. The van der Waals surface area contributed by atoms with Crippen LogP contribution in [0.5, 0.6) is 0 Å². The molecule has 0 amide bonds. The van der Waals surface area contributed by atoms with Crippen LogP contribution in [0.1, 0.15) is 23.3 Å². The summed E-state index contributed by atoms with van der Waals surface area (Å²) in [7, 11) is -4.69. The van der Waals surface area contributed by atoms with E-state index in [0.717, 1.165) is 27.8 Å². The van der Waals surface area contributed by atoms with Crippen LogP contribution in [0.25, 0.3) is 4.96 Å². The van der Waals surface area contributed by atoms with Crippen LogP contribution in [0.4, 0.5) is 0 Å². The Balaban J connectivity index is 0.000000280. The van der Waals surface area contributed by atoms with Crippen molar-refractivity contribution in [2.75, 3.05) is 0 Å². The highest BCUT2D eigenvalue weighted by molar-refractivity contribution is 7.16. The quantitative estimate of drug-likeness (QED) is 0.573. The van der Waals surface area contributed by atoms with Crippen LogP contribution in [0.3, 0.4) is 0 Å². The van der Waals surface area contributed by atoms with E-state index in [-0.39, 0.29) is 0 Å². The Morgan fingerprint density at radius 2 is 1.94 bits per heavy atom. The SMILES string of the molecule is CCc1n[n+]2c(C)cc(C)nc2s1.[O-][Cl+3]([O-])([O-])O. The Labute approximate surface area is 110 Å². The first-order valence-electron chi connectivity index (χ1n) is 5.00. The number of hydrogen-bond donors (Lipinski definition) is 1. The van der Waals surface area contributed by atoms with Gasteiger partial charge in [0.15, 0.2) is 5.69 Å². The molecule has 100 valence electrons. The summed E-state index contributed by atoms with van der Waals surface area (Å²) in [5, 5.41) is 5.58. The summed E-state index contributed by atoms with van der Waals surface area (Å²) in [6.07, 6.45) is 0.979. The molecule has 0 fully saturated rings. The van der Waals surface area contributed by atoms with Crippen LogP contribution < -0.4 is 18.5 Å². The van der Waals surface area contributed by atoms with Gasteiger partial charge < -0.3 is 0 Å². The molecule has 0 unspecified atom stereocenters. The molecule has 0 aliphatic carbocycles. The first-order valence-corrected chi connectivity index (χ1v) is 7.08. The lowest BCUT2D eigenvalue weighted by molar-refractivity contribution is -1.92. The lowest BCUT2D eigenvalue weighted by Gasteiger charge is -2.03. The molecule has 0 atom stereocenters. The normalized spacial score (nSPS) is 11.3. The maximum Gasteiger partial charge on any atom is 0.410 e. The van der Waals surface area contributed by atoms with Gasteiger partial charge in [0.1, 0.15) is 10.7 Å². The molecule has 0 aliphatic heterocycles. The molecule has 0 saturated carbocycles. The molecule has 9 heteroatoms. The highest BCUT2D eigenvalue weighted by Crippen LogP contribution is 2.09. The zero-order chi connectivity index (χ0) is 13.9. The van der Waals surface area contributed by atoms with Gasteiger partial charge in [0.05, 0.1) is 14.9 Å². The second-order valence-corrected chi connectivity index (χ2v) is 5.31. The highest BCUT2D eigenvalue weighted by atomic mass is 35.7. The number of hydrogen-bond acceptors (Lipinski definition) is 7. The fourth-order valence-electron chi connectivity index (χ4n) is 1.31. The Bertz CT molecular complexity index is 534. The standard InChI is InChI=1S/C9H12N3S.ClHO4/c1-4-8-11-12-7(3)5-6(2)10-9(12)13-8;2-1(3,4)5/h5H,4H2,1-3H3;(H,2,3,4,5)/q+1;. The minimum Gasteiger partial charge on any atom is -0.183 e. The van der Waals surface area contributed by atoms with Gasteiger partial charge in [-0.15, -0.1) is 0 Å². The van der Waals surface area contributed by atoms with Crippen molar-refractivity contribution in [1.29, 1.82) is 0 Å². The molecule has 0 aliphatic rings. The van der Waals surface area contributed by atoms with Crippen molar-refractivity contribution in [1.82, 2.24) is 10.1 Å². The summed E-state index contributed by atoms with van der Waals surface area (Å²) in [5.74, 6) is 0. The fraction of sp³-hybridized carbons (Fsp3) is 0.444. The van der Waals surface area contributed by atoms with E-state index < -0.39 is 10.2 Å². The predicted octanol–water partition coefficient (Wildman–Crippen LogP) is -2.67. The van der Waals surface area contributed by atoms with E-state index >= 15 is 0 Å². The third-order valence-corrected chi connectivity index (χ3v) is 2.98. The zero-order valence-corrected chi connectivity index (χ0v) is 11.7. The van der Waals surface area contributed by atoms with E-state index in [0.29, 0.717) is 0 Å². The van der Waals surface area contributed by atoms with Gasteiger partial charge in [-0.3, -0.25) is 0 Å². The van der Waals surface area contributed by atoms with Crippen LogP contribution >= 0.6 is 11.3 Å². The van der Waals surface area contributed by atoms with E-state index in [1.807, 2.05) is 17.5 Å². The lowest BCUT2D eigenvalue weighted by Crippen LogP contribution is -2.58. The van der Waals surface area contributed by atoms with E-state index in [1.165, 1.54) is 0 Å². The topological polar surface area (TPSA) is 119 Å². The Kier molecular flexibility index (Phi) is 4.91. The number of fused-ring (bicyclic) bond motifs is 1. The van der Waals surface area contributed by atoms with Crippen LogP contribution in [-0.2, 0) is 6.42 Å². The monoisotopic (exact) mass is 294 g/mol. The first-order chi connectivity index (χ1) is 8.20. The number of aryl methyl sites for hydroxylation is 3. The van der Waals surface area contributed by atoms with Crippen molar-refractivity contribution < 1.29 is 33.4 Å². The van der Waals surface area contributed by atoms with Crippen LogP contribution in [0, 0.1) is 24.1 Å². The van der Waals surface area contributed by atoms with Crippen molar-refractivity contribution in [2.45, 2.75) is 27.2 Å². The molecule has 2 rings (SSSR count). The number of aromatic nitrogens is 3. The third kappa shape index (κ3) is 4.77. The van der Waals surface area contributed by atoms with Gasteiger partial charge in [0.25, 0.3) is 0 Å². The minimum atomic E-state index is -4.69. The summed E-state index contributed by atoms with van der Waals surface area (Å²) >= 11 is 1.67. The predicted molar refractivity (Wildman–Crippen MR) is 54.1 cm³/mol. The van der Waals surface area contributed by atoms with Gasteiger partial charge in [-0.2, -0.15) is 14.0 Å². The third-order valence-electron chi connectivity index (χ3n) is 1.93. The second kappa shape index (κ2) is 5.83. The summed E-state index contributed by atoms with van der Waals surface area (Å²) in [4.78, 5) is 5.42. The molecule has 2 heterocycles. The zero-order valence-electron chi connectivity index (χ0n) is 10.1. The molecule has 0 bridgehead atoms. The highest BCUT2D eigenvalue weighted by Gasteiger charge is 2.14. The smallest absolute Gasteiger partial charge is 0.183 e. The van der Waals surface area contributed by atoms with E-state index in [9.17, 15) is 0 Å². The first kappa shape index (κ1) is 15.2. The average Bonchev–Trinajstić information content (AvgIpc) is 2.58. The molecule has 0 aromatic carbocycles. The lowest BCUT2D eigenvalue weighted by atomic mass is 10.4. The van der Waals surface area contributed by atoms with Crippen molar-refractivity contribution in [3.05, 3.63) is 22.5 Å². The van der Waals surface area contributed by atoms with Crippen LogP contribution in [0.2, 0.25) is 0 Å². The van der Waals surface area contributed by atoms with Gasteiger partial charge in [0.2, 0.25) is 0 Å². The molecular formula is C9H13ClN3O4S+. The summed E-state index contributed by atoms with van der Waals surface area (Å²) < 4.78 is 34.6. The van der Waals surface area contributed by atoms with Crippen molar-refractivity contribution in [2.24, 2.45) is 0 Å². The summed E-state index contributed by atoms with van der Waals surface area (Å²) in [5.41, 5.74) is 2.21. The summed E-state index contributed by atoms with van der Waals surface area (Å²) in [6.45, 7) is 6.18. The van der Waals surface area contributed by atoms with Gasteiger partial charge in [-0.05, 0) is 16.3 Å². The van der Waals surface area contributed by atoms with Crippen LogP contribution in [-0.4, -0.2) is 14.7 Å². The number of nitrogens with zero attached hydrogens (tertiary/aromatic N) is 3. The molecule has 18 heavy (non-hydrogen) atoms. The Morgan fingerprint density at radius 1 is 1.39 bits per heavy atom. The Hall–Kier alpha value is -0.900. The van der Waals surface area contributed by atoms with E-state index in [2.05, 4.69) is 23.9 Å². The molecule has 0 saturated heterocycles. The number of rotatable bonds is 1. The molecule has 2 aromatic heterocycles. The molecule has 0 radical (unpaired) electrons. The fourth-order valence-corrected chi connectivity index (χ4v) is 2.25. The van der Waals surface area contributed by atoms with Crippen molar-refractivity contribution in [3.63, 3.8) is 0 Å². The minimum absolute atomic E-state index is 0.979. The molecular weight excluding hydrogens is 282 g/mol. The van der Waals surface area contributed by atoms with Gasteiger partial charge in [-0.1, -0.05) is 16.5 Å². The van der Waals surface area contributed by atoms with Crippen LogP contribution in [0.15, 0.2) is 6.07 Å². The maximum atomic E-state index is 8.60. The van der Waals surface area contributed by atoms with Crippen molar-refractivity contribution >= 4 is 16.3 Å². The largest absolute Gasteiger partial charge is 0.410 e. The van der Waals surface area contributed by atoms with Crippen molar-refractivity contribution in [3.8, 4) is 0 Å². The van der Waals surface area contributed by atoms with Gasteiger partial charge in [-0.25, -0.2) is 0 Å².